The van der Waals surface area contributed by atoms with Crippen molar-refractivity contribution in [1.29, 1.82) is 5.26 Å². The summed E-state index contributed by atoms with van der Waals surface area (Å²) >= 11 is 12.0. The molecule has 33 heavy (non-hydrogen) atoms. The molecular formula is C25H20Cl2N2O4. The van der Waals surface area contributed by atoms with Gasteiger partial charge in [0, 0.05) is 22.7 Å². The summed E-state index contributed by atoms with van der Waals surface area (Å²) in [5, 5.41) is 13.3. The Balaban J connectivity index is 1.83. The fraction of sp³-hybridized carbons (Fsp3) is 0.120. The summed E-state index contributed by atoms with van der Waals surface area (Å²) in [6, 6.07) is 19.4. The summed E-state index contributed by atoms with van der Waals surface area (Å²) in [5.74, 6) is 0.598. The molecular weight excluding hydrogens is 463 g/mol. The number of amides is 1. The van der Waals surface area contributed by atoms with Crippen molar-refractivity contribution in [3.05, 3.63) is 87.4 Å². The summed E-state index contributed by atoms with van der Waals surface area (Å²) in [5.41, 5.74) is 1.71. The second-order valence-electron chi connectivity index (χ2n) is 6.76. The number of carbonyl (C=O) groups is 1. The summed E-state index contributed by atoms with van der Waals surface area (Å²) in [6.45, 7) is 0.303. The average Bonchev–Trinajstić information content (AvgIpc) is 2.83. The smallest absolute Gasteiger partial charge is 0.266 e. The second-order valence-corrected chi connectivity index (χ2v) is 7.61. The predicted octanol–water partition coefficient (Wildman–Crippen LogP) is 6.14. The van der Waals surface area contributed by atoms with Gasteiger partial charge in [-0.05, 0) is 29.8 Å². The highest BCUT2D eigenvalue weighted by molar-refractivity contribution is 6.32. The van der Waals surface area contributed by atoms with E-state index in [1.165, 1.54) is 32.4 Å². The zero-order chi connectivity index (χ0) is 23.8. The molecule has 1 amide bonds. The number of nitrogens with zero attached hydrogens (tertiary/aromatic N) is 1. The fourth-order valence-electron chi connectivity index (χ4n) is 2.92. The molecule has 0 unspecified atom stereocenters. The van der Waals surface area contributed by atoms with E-state index in [1.54, 1.807) is 30.3 Å². The van der Waals surface area contributed by atoms with Gasteiger partial charge in [-0.15, -0.1) is 0 Å². The number of para-hydroxylation sites is 1. The second kappa shape index (κ2) is 11.3. The first-order valence-electron chi connectivity index (χ1n) is 9.76. The Hall–Kier alpha value is -3.66. The SMILES string of the molecule is COc1cc(NC(=O)/C(C#N)=C/c2ccccc2OCc2ccc(Cl)cc2)c(OC)cc1Cl. The summed E-state index contributed by atoms with van der Waals surface area (Å²) in [7, 11) is 2.91. The lowest BCUT2D eigenvalue weighted by atomic mass is 10.1. The van der Waals surface area contributed by atoms with Crippen LogP contribution in [0.2, 0.25) is 10.0 Å². The van der Waals surface area contributed by atoms with Crippen molar-refractivity contribution in [1.82, 2.24) is 0 Å². The van der Waals surface area contributed by atoms with Gasteiger partial charge in [-0.3, -0.25) is 4.79 Å². The van der Waals surface area contributed by atoms with Gasteiger partial charge in [-0.1, -0.05) is 53.5 Å². The molecule has 3 aromatic rings. The molecule has 1 N–H and O–H groups in total. The fourth-order valence-corrected chi connectivity index (χ4v) is 3.28. The van der Waals surface area contributed by atoms with Gasteiger partial charge in [0.15, 0.2) is 0 Å². The van der Waals surface area contributed by atoms with Crippen molar-refractivity contribution in [2.75, 3.05) is 19.5 Å². The third-order valence-electron chi connectivity index (χ3n) is 4.61. The standard InChI is InChI=1S/C25H20Cl2N2O4/c1-31-23-13-21(24(32-2)12-20(23)27)29-25(30)18(14-28)11-17-5-3-4-6-22(17)33-15-16-7-9-19(26)10-8-16/h3-13H,15H2,1-2H3,(H,29,30)/b18-11+. The van der Waals surface area contributed by atoms with Crippen LogP contribution >= 0.6 is 23.2 Å². The maximum Gasteiger partial charge on any atom is 0.266 e. The minimum atomic E-state index is -0.618. The van der Waals surface area contributed by atoms with Crippen LogP contribution < -0.4 is 19.5 Å². The zero-order valence-electron chi connectivity index (χ0n) is 17.9. The molecule has 0 saturated carbocycles. The first-order valence-corrected chi connectivity index (χ1v) is 10.5. The van der Waals surface area contributed by atoms with Crippen molar-refractivity contribution in [2.45, 2.75) is 6.61 Å². The molecule has 0 spiro atoms. The van der Waals surface area contributed by atoms with Crippen LogP contribution in [-0.4, -0.2) is 20.1 Å². The van der Waals surface area contributed by atoms with E-state index in [2.05, 4.69) is 5.32 Å². The largest absolute Gasteiger partial charge is 0.495 e. The predicted molar refractivity (Wildman–Crippen MR) is 129 cm³/mol. The van der Waals surface area contributed by atoms with Gasteiger partial charge in [0.05, 0.1) is 24.9 Å². The van der Waals surface area contributed by atoms with E-state index in [9.17, 15) is 10.1 Å². The molecule has 0 fully saturated rings. The van der Waals surface area contributed by atoms with E-state index in [1.807, 2.05) is 24.3 Å². The molecule has 0 heterocycles. The molecule has 3 rings (SSSR count). The highest BCUT2D eigenvalue weighted by Gasteiger charge is 2.16. The van der Waals surface area contributed by atoms with Gasteiger partial charge in [0.25, 0.3) is 5.91 Å². The minimum absolute atomic E-state index is 0.117. The number of methoxy groups -OCH3 is 2. The highest BCUT2D eigenvalue weighted by Crippen LogP contribution is 2.36. The number of hydrogen-bond acceptors (Lipinski definition) is 5. The molecule has 0 bridgehead atoms. The van der Waals surface area contributed by atoms with Crippen molar-refractivity contribution >= 4 is 40.9 Å². The maximum absolute atomic E-state index is 12.8. The number of anilines is 1. The Morgan fingerprint density at radius 3 is 2.36 bits per heavy atom. The monoisotopic (exact) mass is 482 g/mol. The molecule has 0 aliphatic carbocycles. The lowest BCUT2D eigenvalue weighted by Gasteiger charge is -2.13. The molecule has 3 aromatic carbocycles. The number of rotatable bonds is 8. The molecule has 0 atom stereocenters. The Morgan fingerprint density at radius 1 is 1.00 bits per heavy atom. The molecule has 0 aromatic heterocycles. The van der Waals surface area contributed by atoms with Crippen molar-refractivity contribution in [3.8, 4) is 23.3 Å². The number of nitrogens with one attached hydrogen (secondary N) is 1. The van der Waals surface area contributed by atoms with Crippen LogP contribution in [0.1, 0.15) is 11.1 Å². The molecule has 168 valence electrons. The average molecular weight is 483 g/mol. The topological polar surface area (TPSA) is 80.6 Å². The van der Waals surface area contributed by atoms with E-state index in [-0.39, 0.29) is 5.57 Å². The number of ether oxygens (including phenoxy) is 3. The Labute approximate surface area is 201 Å². The van der Waals surface area contributed by atoms with Gasteiger partial charge < -0.3 is 19.5 Å². The summed E-state index contributed by atoms with van der Waals surface area (Å²) < 4.78 is 16.4. The lowest BCUT2D eigenvalue weighted by Crippen LogP contribution is -2.14. The van der Waals surface area contributed by atoms with E-state index in [0.29, 0.717) is 45.2 Å². The van der Waals surface area contributed by atoms with E-state index in [0.717, 1.165) is 5.56 Å². The number of nitriles is 1. The van der Waals surface area contributed by atoms with E-state index in [4.69, 9.17) is 37.4 Å². The van der Waals surface area contributed by atoms with Crippen LogP contribution in [0.5, 0.6) is 17.2 Å². The van der Waals surface area contributed by atoms with Crippen molar-refractivity contribution in [2.24, 2.45) is 0 Å². The number of benzene rings is 3. The Kier molecular flexibility index (Phi) is 8.20. The molecule has 0 saturated heterocycles. The third kappa shape index (κ3) is 6.19. The van der Waals surface area contributed by atoms with E-state index >= 15 is 0 Å². The van der Waals surface area contributed by atoms with E-state index < -0.39 is 5.91 Å². The zero-order valence-corrected chi connectivity index (χ0v) is 19.4. The van der Waals surface area contributed by atoms with Crippen molar-refractivity contribution < 1.29 is 19.0 Å². The number of carbonyl (C=O) groups excluding carboxylic acids is 1. The minimum Gasteiger partial charge on any atom is -0.495 e. The first-order chi connectivity index (χ1) is 15.9. The van der Waals surface area contributed by atoms with Crippen LogP contribution in [0.25, 0.3) is 6.08 Å². The third-order valence-corrected chi connectivity index (χ3v) is 5.16. The summed E-state index contributed by atoms with van der Waals surface area (Å²) in [6.07, 6.45) is 1.46. The summed E-state index contributed by atoms with van der Waals surface area (Å²) in [4.78, 5) is 12.8. The van der Waals surface area contributed by atoms with Crippen LogP contribution in [-0.2, 0) is 11.4 Å². The lowest BCUT2D eigenvalue weighted by molar-refractivity contribution is -0.112. The van der Waals surface area contributed by atoms with Crippen LogP contribution in [0.4, 0.5) is 5.69 Å². The first kappa shape index (κ1) is 24.0. The van der Waals surface area contributed by atoms with Gasteiger partial charge in [0.2, 0.25) is 0 Å². The number of halogens is 2. The Bertz CT molecular complexity index is 1220. The molecule has 8 heteroatoms. The van der Waals surface area contributed by atoms with Crippen molar-refractivity contribution in [3.63, 3.8) is 0 Å². The number of hydrogen-bond donors (Lipinski definition) is 1. The highest BCUT2D eigenvalue weighted by atomic mass is 35.5. The van der Waals surface area contributed by atoms with Crippen LogP contribution in [0.15, 0.2) is 66.2 Å². The van der Waals surface area contributed by atoms with Crippen LogP contribution in [0.3, 0.4) is 0 Å². The van der Waals surface area contributed by atoms with Gasteiger partial charge >= 0.3 is 0 Å². The van der Waals surface area contributed by atoms with Gasteiger partial charge in [-0.2, -0.15) is 5.26 Å². The van der Waals surface area contributed by atoms with Crippen LogP contribution in [0, 0.1) is 11.3 Å². The molecule has 0 radical (unpaired) electrons. The Morgan fingerprint density at radius 2 is 1.70 bits per heavy atom. The molecule has 6 nitrogen and oxygen atoms in total. The van der Waals surface area contributed by atoms with Gasteiger partial charge in [-0.25, -0.2) is 0 Å². The quantitative estimate of drug-likeness (QED) is 0.308. The molecule has 0 aliphatic heterocycles. The van der Waals surface area contributed by atoms with Gasteiger partial charge in [0.1, 0.15) is 35.5 Å². The molecule has 0 aliphatic rings. The normalized spacial score (nSPS) is 10.8. The maximum atomic E-state index is 12.8.